The van der Waals surface area contributed by atoms with Gasteiger partial charge >= 0.3 is 0 Å². The summed E-state index contributed by atoms with van der Waals surface area (Å²) < 4.78 is 0. The van der Waals surface area contributed by atoms with Gasteiger partial charge in [0.25, 0.3) is 0 Å². The second-order valence-corrected chi connectivity index (χ2v) is 5.23. The summed E-state index contributed by atoms with van der Waals surface area (Å²) in [4.78, 5) is 0. The first-order valence-corrected chi connectivity index (χ1v) is 6.42. The third-order valence-electron chi connectivity index (χ3n) is 2.58. The van der Waals surface area contributed by atoms with E-state index in [0.717, 1.165) is 16.7 Å². The summed E-state index contributed by atoms with van der Waals surface area (Å²) in [7, 11) is 0. The molecule has 0 N–H and O–H groups in total. The van der Waals surface area contributed by atoms with E-state index in [-0.39, 0.29) is 0 Å². The summed E-state index contributed by atoms with van der Waals surface area (Å²) >= 11 is 24.5. The van der Waals surface area contributed by atoms with Crippen LogP contribution in [-0.2, 0) is 0 Å². The lowest BCUT2D eigenvalue weighted by molar-refractivity contribution is 1.46. The first-order valence-electron chi connectivity index (χ1n) is 4.91. The van der Waals surface area contributed by atoms with Gasteiger partial charge in [0.15, 0.2) is 0 Å². The van der Waals surface area contributed by atoms with Crippen molar-refractivity contribution in [2.75, 3.05) is 0 Å². The first kappa shape index (κ1) is 13.0. The molecule has 2 aromatic rings. The fourth-order valence-electron chi connectivity index (χ4n) is 1.65. The van der Waals surface area contributed by atoms with E-state index in [4.69, 9.17) is 46.4 Å². The summed E-state index contributed by atoms with van der Waals surface area (Å²) in [6.07, 6.45) is 0. The summed E-state index contributed by atoms with van der Waals surface area (Å²) in [6, 6.07) is 9.01. The molecule has 0 bridgehead atoms. The molecule has 0 atom stereocenters. The molecule has 2 rings (SSSR count). The third kappa shape index (κ3) is 2.41. The highest BCUT2D eigenvalue weighted by Crippen LogP contribution is 2.41. The van der Waals surface area contributed by atoms with E-state index < -0.39 is 0 Å². The van der Waals surface area contributed by atoms with Crippen molar-refractivity contribution in [2.45, 2.75) is 6.92 Å². The molecule has 2 aromatic carbocycles. The maximum absolute atomic E-state index is 6.20. The summed E-state index contributed by atoms with van der Waals surface area (Å²) in [5.41, 5.74) is 2.55. The molecular formula is C13H8Cl4. The van der Waals surface area contributed by atoms with Crippen molar-refractivity contribution >= 4 is 46.4 Å². The predicted molar refractivity (Wildman–Crippen MR) is 76.7 cm³/mol. The zero-order chi connectivity index (χ0) is 12.6. The van der Waals surface area contributed by atoms with E-state index in [9.17, 15) is 0 Å². The molecule has 0 saturated carbocycles. The lowest BCUT2D eigenvalue weighted by Gasteiger charge is -2.12. The van der Waals surface area contributed by atoms with Crippen LogP contribution in [0.1, 0.15) is 5.56 Å². The van der Waals surface area contributed by atoms with Gasteiger partial charge < -0.3 is 0 Å². The van der Waals surface area contributed by atoms with E-state index in [2.05, 4.69) is 0 Å². The standard InChI is InChI=1S/C13H8Cl4/c1-7-8(3-2-4-9(7)14)12-10(15)5-6-11(16)13(12)17/h2-6H,1H3. The largest absolute Gasteiger partial charge is 0.0840 e. The predicted octanol–water partition coefficient (Wildman–Crippen LogP) is 6.28. The van der Waals surface area contributed by atoms with Crippen LogP contribution in [0.15, 0.2) is 30.3 Å². The van der Waals surface area contributed by atoms with Gasteiger partial charge in [-0.15, -0.1) is 0 Å². The van der Waals surface area contributed by atoms with Crippen molar-refractivity contribution < 1.29 is 0 Å². The number of halogens is 4. The highest BCUT2D eigenvalue weighted by atomic mass is 35.5. The molecule has 0 radical (unpaired) electrons. The van der Waals surface area contributed by atoms with E-state index in [0.29, 0.717) is 20.1 Å². The normalized spacial score (nSPS) is 10.6. The fraction of sp³-hybridized carbons (Fsp3) is 0.0769. The van der Waals surface area contributed by atoms with Gasteiger partial charge in [0.1, 0.15) is 0 Å². The Hall–Kier alpha value is -0.400. The Morgan fingerprint density at radius 3 is 2.12 bits per heavy atom. The minimum atomic E-state index is 0.449. The number of hydrogen-bond acceptors (Lipinski definition) is 0. The molecule has 0 fully saturated rings. The van der Waals surface area contributed by atoms with Crippen LogP contribution in [0.2, 0.25) is 20.1 Å². The van der Waals surface area contributed by atoms with E-state index in [1.807, 2.05) is 25.1 Å². The monoisotopic (exact) mass is 304 g/mol. The Kier molecular flexibility index (Phi) is 3.89. The molecule has 0 saturated heterocycles. The third-order valence-corrected chi connectivity index (χ3v) is 4.11. The Morgan fingerprint density at radius 2 is 1.41 bits per heavy atom. The van der Waals surface area contributed by atoms with Gasteiger partial charge in [-0.05, 0) is 36.2 Å². The molecule has 0 unspecified atom stereocenters. The summed E-state index contributed by atoms with van der Waals surface area (Å²) in [5.74, 6) is 0. The SMILES string of the molecule is Cc1c(Cl)cccc1-c1c(Cl)ccc(Cl)c1Cl. The lowest BCUT2D eigenvalue weighted by atomic mass is 10.0. The van der Waals surface area contributed by atoms with Crippen molar-refractivity contribution in [3.8, 4) is 11.1 Å². The maximum atomic E-state index is 6.20. The van der Waals surface area contributed by atoms with Gasteiger partial charge in [-0.3, -0.25) is 0 Å². The highest BCUT2D eigenvalue weighted by Gasteiger charge is 2.14. The average molecular weight is 306 g/mol. The molecular weight excluding hydrogens is 298 g/mol. The average Bonchev–Trinajstić information content (AvgIpc) is 2.30. The molecule has 4 heteroatoms. The molecule has 17 heavy (non-hydrogen) atoms. The molecule has 0 amide bonds. The van der Waals surface area contributed by atoms with Crippen molar-refractivity contribution in [3.05, 3.63) is 56.0 Å². The minimum Gasteiger partial charge on any atom is -0.0840 e. The van der Waals surface area contributed by atoms with Gasteiger partial charge in [-0.25, -0.2) is 0 Å². The molecule has 0 nitrogen and oxygen atoms in total. The zero-order valence-corrected chi connectivity index (χ0v) is 11.9. The Balaban J connectivity index is 2.77. The van der Waals surface area contributed by atoms with E-state index in [1.165, 1.54) is 0 Å². The van der Waals surface area contributed by atoms with Gasteiger partial charge in [0, 0.05) is 10.6 Å². The van der Waals surface area contributed by atoms with Crippen molar-refractivity contribution in [3.63, 3.8) is 0 Å². The smallest absolute Gasteiger partial charge is 0.0685 e. The molecule has 0 aromatic heterocycles. The van der Waals surface area contributed by atoms with Gasteiger partial charge in [0.2, 0.25) is 0 Å². The van der Waals surface area contributed by atoms with Crippen LogP contribution in [0.4, 0.5) is 0 Å². The second-order valence-electron chi connectivity index (χ2n) is 3.63. The molecule has 0 aliphatic carbocycles. The highest BCUT2D eigenvalue weighted by molar-refractivity contribution is 6.46. The van der Waals surface area contributed by atoms with Crippen molar-refractivity contribution in [1.82, 2.24) is 0 Å². The summed E-state index contributed by atoms with van der Waals surface area (Å²) in [6.45, 7) is 1.92. The van der Waals surface area contributed by atoms with Gasteiger partial charge in [-0.1, -0.05) is 58.5 Å². The topological polar surface area (TPSA) is 0 Å². The first-order chi connectivity index (χ1) is 8.02. The summed E-state index contributed by atoms with van der Waals surface area (Å²) in [5, 5.41) is 2.16. The van der Waals surface area contributed by atoms with Crippen LogP contribution in [0, 0.1) is 6.92 Å². The Labute approximate surface area is 120 Å². The van der Waals surface area contributed by atoms with Crippen molar-refractivity contribution in [2.24, 2.45) is 0 Å². The van der Waals surface area contributed by atoms with Crippen LogP contribution in [0.25, 0.3) is 11.1 Å². The molecule has 0 heterocycles. The van der Waals surface area contributed by atoms with Gasteiger partial charge in [0.05, 0.1) is 15.1 Å². The molecule has 0 spiro atoms. The Bertz CT molecular complexity index is 576. The molecule has 0 aliphatic heterocycles. The maximum Gasteiger partial charge on any atom is 0.0685 e. The second kappa shape index (κ2) is 5.07. The van der Waals surface area contributed by atoms with Crippen LogP contribution in [0.5, 0.6) is 0 Å². The van der Waals surface area contributed by atoms with Gasteiger partial charge in [-0.2, -0.15) is 0 Å². The number of rotatable bonds is 1. The lowest BCUT2D eigenvalue weighted by Crippen LogP contribution is -1.87. The van der Waals surface area contributed by atoms with Crippen molar-refractivity contribution in [1.29, 1.82) is 0 Å². The molecule has 88 valence electrons. The van der Waals surface area contributed by atoms with E-state index >= 15 is 0 Å². The number of hydrogen-bond donors (Lipinski definition) is 0. The Morgan fingerprint density at radius 1 is 0.765 bits per heavy atom. The van der Waals surface area contributed by atoms with Crippen LogP contribution in [-0.4, -0.2) is 0 Å². The van der Waals surface area contributed by atoms with Crippen LogP contribution >= 0.6 is 46.4 Å². The quantitative estimate of drug-likeness (QED) is 0.544. The van der Waals surface area contributed by atoms with Crippen LogP contribution in [0.3, 0.4) is 0 Å². The zero-order valence-electron chi connectivity index (χ0n) is 8.90. The fourth-order valence-corrected chi connectivity index (χ4v) is 2.56. The van der Waals surface area contributed by atoms with Crippen LogP contribution < -0.4 is 0 Å². The van der Waals surface area contributed by atoms with E-state index in [1.54, 1.807) is 12.1 Å². The minimum absolute atomic E-state index is 0.449. The number of benzene rings is 2. The molecule has 0 aliphatic rings.